The third-order valence-corrected chi connectivity index (χ3v) is 4.98. The van der Waals surface area contributed by atoms with Gasteiger partial charge in [-0.05, 0) is 55.2 Å². The number of benzene rings is 2. The Balaban J connectivity index is 1.79. The van der Waals surface area contributed by atoms with Crippen molar-refractivity contribution in [3.05, 3.63) is 58.6 Å². The lowest BCUT2D eigenvalue weighted by Gasteiger charge is -2.15. The van der Waals surface area contributed by atoms with E-state index in [9.17, 15) is 4.79 Å². The number of nitrogens with one attached hydrogen (secondary N) is 2. The topological polar surface area (TPSA) is 72.0 Å². The van der Waals surface area contributed by atoms with Crippen molar-refractivity contribution in [2.45, 2.75) is 32.3 Å². The van der Waals surface area contributed by atoms with Crippen LogP contribution in [0, 0.1) is 0 Å². The number of halogens is 1. The molecule has 154 valence electrons. The highest BCUT2D eigenvalue weighted by molar-refractivity contribution is 6.31. The van der Waals surface area contributed by atoms with Crippen LogP contribution in [0.25, 0.3) is 0 Å². The number of methoxy groups -OCH3 is 1. The number of aliphatic imine (C=N–C) groups is 1. The molecule has 0 saturated carbocycles. The quantitative estimate of drug-likeness (QED) is 0.545. The first-order valence-corrected chi connectivity index (χ1v) is 10.1. The largest absolute Gasteiger partial charge is 0.495 e. The molecule has 6 nitrogen and oxygen atoms in total. The van der Waals surface area contributed by atoms with E-state index in [0.717, 1.165) is 25.9 Å². The van der Waals surface area contributed by atoms with E-state index in [0.29, 0.717) is 34.5 Å². The van der Waals surface area contributed by atoms with Crippen molar-refractivity contribution in [2.24, 2.45) is 4.99 Å². The molecule has 1 aliphatic heterocycles. The molecule has 0 radical (unpaired) electrons. The van der Waals surface area contributed by atoms with Crippen LogP contribution in [-0.4, -0.2) is 38.2 Å². The zero-order chi connectivity index (χ0) is 20.6. The monoisotopic (exact) mass is 415 g/mol. The molecule has 3 rings (SSSR count). The Morgan fingerprint density at radius 1 is 1.28 bits per heavy atom. The minimum absolute atomic E-state index is 0.0637. The minimum atomic E-state index is -0.243. The van der Waals surface area contributed by atoms with Crippen LogP contribution in [-0.2, 0) is 11.2 Å². The molecule has 1 aliphatic rings. The number of anilines is 1. The van der Waals surface area contributed by atoms with Gasteiger partial charge in [0.25, 0.3) is 5.91 Å². The Morgan fingerprint density at radius 2 is 2.07 bits per heavy atom. The van der Waals surface area contributed by atoms with Crippen LogP contribution in [0.5, 0.6) is 5.75 Å². The van der Waals surface area contributed by atoms with Crippen LogP contribution < -0.4 is 15.4 Å². The van der Waals surface area contributed by atoms with E-state index in [-0.39, 0.29) is 12.0 Å². The highest BCUT2D eigenvalue weighted by Crippen LogP contribution is 2.27. The molecule has 7 heteroatoms. The third-order valence-electron chi connectivity index (χ3n) is 4.75. The zero-order valence-corrected chi connectivity index (χ0v) is 17.5. The fourth-order valence-corrected chi connectivity index (χ4v) is 3.24. The summed E-state index contributed by atoms with van der Waals surface area (Å²) in [6, 6.07) is 12.7. The van der Waals surface area contributed by atoms with Gasteiger partial charge >= 0.3 is 0 Å². The lowest BCUT2D eigenvalue weighted by atomic mass is 10.1. The summed E-state index contributed by atoms with van der Waals surface area (Å²) in [6.45, 7) is 3.29. The fourth-order valence-electron chi connectivity index (χ4n) is 3.07. The van der Waals surface area contributed by atoms with Gasteiger partial charge in [-0.25, -0.2) is 4.99 Å². The van der Waals surface area contributed by atoms with Gasteiger partial charge in [-0.3, -0.25) is 10.1 Å². The van der Waals surface area contributed by atoms with Gasteiger partial charge in [-0.1, -0.05) is 30.7 Å². The lowest BCUT2D eigenvalue weighted by molar-refractivity contribution is 0.0975. The SMILES string of the molecule is CCc1ccc(C(=O)NC(=NC[C@H]2CCCO2)Nc2cc(Cl)ccc2OC)cc1. The van der Waals surface area contributed by atoms with Gasteiger partial charge in [0.2, 0.25) is 5.96 Å². The van der Waals surface area contributed by atoms with Crippen LogP contribution in [0.3, 0.4) is 0 Å². The summed E-state index contributed by atoms with van der Waals surface area (Å²) in [5, 5.41) is 6.55. The third kappa shape index (κ3) is 5.95. The van der Waals surface area contributed by atoms with Crippen LogP contribution >= 0.6 is 11.6 Å². The molecule has 0 aromatic heterocycles. The van der Waals surface area contributed by atoms with E-state index in [1.807, 2.05) is 24.3 Å². The molecule has 1 saturated heterocycles. The van der Waals surface area contributed by atoms with Crippen molar-refractivity contribution in [1.82, 2.24) is 5.32 Å². The van der Waals surface area contributed by atoms with Gasteiger partial charge in [0, 0.05) is 17.2 Å². The van der Waals surface area contributed by atoms with Gasteiger partial charge in [0.15, 0.2) is 0 Å². The summed E-state index contributed by atoms with van der Waals surface area (Å²) >= 11 is 6.13. The Bertz CT molecular complexity index is 862. The fraction of sp³-hybridized carbons (Fsp3) is 0.364. The van der Waals surface area contributed by atoms with Crippen molar-refractivity contribution in [2.75, 3.05) is 25.6 Å². The van der Waals surface area contributed by atoms with Gasteiger partial charge in [-0.2, -0.15) is 0 Å². The predicted molar refractivity (Wildman–Crippen MR) is 116 cm³/mol. The van der Waals surface area contributed by atoms with E-state index in [2.05, 4.69) is 22.5 Å². The Kier molecular flexibility index (Phi) is 7.49. The molecule has 0 aliphatic carbocycles. The predicted octanol–water partition coefficient (Wildman–Crippen LogP) is 4.29. The van der Waals surface area contributed by atoms with Crippen molar-refractivity contribution < 1.29 is 14.3 Å². The second-order valence-corrected chi connectivity index (χ2v) is 7.23. The number of carbonyl (C=O) groups excluding carboxylic acids is 1. The molecule has 1 atom stereocenters. The van der Waals surface area contributed by atoms with Crippen molar-refractivity contribution in [3.63, 3.8) is 0 Å². The molecular formula is C22H26ClN3O3. The van der Waals surface area contributed by atoms with Crippen LogP contribution in [0.2, 0.25) is 5.02 Å². The number of amides is 1. The number of rotatable bonds is 6. The Labute approximate surface area is 176 Å². The smallest absolute Gasteiger partial charge is 0.257 e. The first kappa shape index (κ1) is 21.1. The molecule has 0 spiro atoms. The normalized spacial score (nSPS) is 16.5. The van der Waals surface area contributed by atoms with Crippen molar-refractivity contribution in [3.8, 4) is 5.75 Å². The Morgan fingerprint density at radius 3 is 2.72 bits per heavy atom. The summed E-state index contributed by atoms with van der Waals surface area (Å²) in [6.07, 6.45) is 2.98. The lowest BCUT2D eigenvalue weighted by Crippen LogP contribution is -2.36. The summed E-state index contributed by atoms with van der Waals surface area (Å²) in [4.78, 5) is 17.3. The number of aryl methyl sites for hydroxylation is 1. The first-order chi connectivity index (χ1) is 14.1. The van der Waals surface area contributed by atoms with Crippen LogP contribution in [0.4, 0.5) is 5.69 Å². The number of guanidine groups is 1. The summed E-state index contributed by atoms with van der Waals surface area (Å²) in [5.74, 6) is 0.679. The maximum Gasteiger partial charge on any atom is 0.257 e. The molecule has 2 aromatic rings. The molecule has 1 fully saturated rings. The summed E-state index contributed by atoms with van der Waals surface area (Å²) < 4.78 is 11.0. The van der Waals surface area contributed by atoms with Crippen molar-refractivity contribution >= 4 is 29.2 Å². The number of hydrogen-bond donors (Lipinski definition) is 2. The Hall–Kier alpha value is -2.57. The van der Waals surface area contributed by atoms with Crippen LogP contribution in [0.15, 0.2) is 47.5 Å². The molecule has 1 amide bonds. The van der Waals surface area contributed by atoms with Gasteiger partial charge in [0.05, 0.1) is 25.4 Å². The second kappa shape index (κ2) is 10.3. The number of hydrogen-bond acceptors (Lipinski definition) is 4. The molecule has 1 heterocycles. The highest BCUT2D eigenvalue weighted by Gasteiger charge is 2.17. The average molecular weight is 416 g/mol. The summed E-state index contributed by atoms with van der Waals surface area (Å²) in [7, 11) is 1.57. The molecule has 29 heavy (non-hydrogen) atoms. The van der Waals surface area contributed by atoms with E-state index in [1.165, 1.54) is 5.56 Å². The standard InChI is InChI=1S/C22H26ClN3O3/c1-3-15-6-8-16(9-7-15)21(27)26-22(24-14-18-5-4-12-29-18)25-19-13-17(23)10-11-20(19)28-2/h6-11,13,18H,3-5,12,14H2,1-2H3,(H2,24,25,26,27)/t18-/m1/s1. The van der Waals surface area contributed by atoms with E-state index < -0.39 is 0 Å². The average Bonchev–Trinajstić information content (AvgIpc) is 3.26. The van der Waals surface area contributed by atoms with E-state index in [4.69, 9.17) is 21.1 Å². The number of carbonyl (C=O) groups is 1. The highest BCUT2D eigenvalue weighted by atomic mass is 35.5. The molecule has 2 N–H and O–H groups in total. The second-order valence-electron chi connectivity index (χ2n) is 6.80. The minimum Gasteiger partial charge on any atom is -0.495 e. The maximum atomic E-state index is 12.7. The molecule has 2 aromatic carbocycles. The van der Waals surface area contributed by atoms with Gasteiger partial charge < -0.3 is 14.8 Å². The number of ether oxygens (including phenoxy) is 2. The number of nitrogens with zero attached hydrogens (tertiary/aromatic N) is 1. The zero-order valence-electron chi connectivity index (χ0n) is 16.7. The van der Waals surface area contributed by atoms with Crippen LogP contribution in [0.1, 0.15) is 35.7 Å². The van der Waals surface area contributed by atoms with E-state index in [1.54, 1.807) is 25.3 Å². The molecular weight excluding hydrogens is 390 g/mol. The molecule has 0 unspecified atom stereocenters. The molecule has 0 bridgehead atoms. The van der Waals surface area contributed by atoms with Crippen molar-refractivity contribution in [1.29, 1.82) is 0 Å². The van der Waals surface area contributed by atoms with E-state index >= 15 is 0 Å². The maximum absolute atomic E-state index is 12.7. The first-order valence-electron chi connectivity index (χ1n) is 9.76. The van der Waals surface area contributed by atoms with Gasteiger partial charge in [0.1, 0.15) is 5.75 Å². The summed E-state index contributed by atoms with van der Waals surface area (Å²) in [5.41, 5.74) is 2.36. The van der Waals surface area contributed by atoms with Gasteiger partial charge in [-0.15, -0.1) is 0 Å².